The van der Waals surface area contributed by atoms with Crippen molar-refractivity contribution in [2.75, 3.05) is 32.3 Å². The molecule has 1 unspecified atom stereocenters. The number of hydrogen-bond donors (Lipinski definition) is 2. The first-order chi connectivity index (χ1) is 18.6. The predicted octanol–water partition coefficient (Wildman–Crippen LogP) is 4.58. The Bertz CT molecular complexity index is 1290. The van der Waals surface area contributed by atoms with Crippen molar-refractivity contribution >= 4 is 34.7 Å². The van der Waals surface area contributed by atoms with E-state index < -0.39 is 23.4 Å². The Balaban J connectivity index is 2.15. The minimum atomic E-state index is -1.13. The van der Waals surface area contributed by atoms with Crippen LogP contribution in [-0.2, 0) is 9.59 Å². The molecule has 9 nitrogen and oxygen atoms in total. The minimum absolute atomic E-state index is 0.343. The van der Waals surface area contributed by atoms with E-state index in [9.17, 15) is 14.4 Å². The molecule has 0 bridgehead atoms. The molecular weight excluding hydrogens is 518 g/mol. The number of benzene rings is 2. The number of rotatable bonds is 11. The third kappa shape index (κ3) is 7.51. The van der Waals surface area contributed by atoms with Crippen molar-refractivity contribution in [1.29, 1.82) is 0 Å². The van der Waals surface area contributed by atoms with E-state index in [1.54, 1.807) is 60.0 Å². The number of nitrogens with one attached hydrogen (secondary N) is 2. The topological polar surface area (TPSA) is 106 Å². The smallest absolute Gasteiger partial charge is 0.261 e. The van der Waals surface area contributed by atoms with Gasteiger partial charge in [0.15, 0.2) is 11.5 Å². The maximum absolute atomic E-state index is 14.0. The van der Waals surface area contributed by atoms with Crippen LogP contribution in [0, 0.1) is 0 Å². The number of ether oxygens (including phenoxy) is 3. The van der Waals surface area contributed by atoms with Gasteiger partial charge in [-0.2, -0.15) is 0 Å². The molecule has 10 heteroatoms. The summed E-state index contributed by atoms with van der Waals surface area (Å²) in [6.45, 7) is 7.42. The zero-order valence-electron chi connectivity index (χ0n) is 23.1. The van der Waals surface area contributed by atoms with Crippen LogP contribution in [0.5, 0.6) is 17.2 Å². The number of para-hydroxylation sites is 2. The van der Waals surface area contributed by atoms with Crippen molar-refractivity contribution in [1.82, 2.24) is 10.6 Å². The van der Waals surface area contributed by atoms with Crippen LogP contribution in [0.15, 0.2) is 60.0 Å². The molecule has 0 saturated heterocycles. The average molecular weight is 554 g/mol. The van der Waals surface area contributed by atoms with E-state index in [-0.39, 0.29) is 12.5 Å². The number of carbonyl (C=O) groups excluding carboxylic acids is 3. The fourth-order valence-corrected chi connectivity index (χ4v) is 4.61. The second-order valence-electron chi connectivity index (χ2n) is 9.58. The summed E-state index contributed by atoms with van der Waals surface area (Å²) in [5, 5.41) is 7.46. The lowest BCUT2D eigenvalue weighted by molar-refractivity contribution is -0.127. The first kappa shape index (κ1) is 29.5. The summed E-state index contributed by atoms with van der Waals surface area (Å²) in [5.41, 5.74) is 0.283. The standard InChI is InChI=1S/C29H35N3O6S/c1-7-38-21-12-9-8-11-20(21)32(25(33)18-30-27(34)24-13-10-16-39-24)26(28(35)31-29(2,3)4)19-14-15-22(36-5)23(17-19)37-6/h8-17,26H,7,18H2,1-6H3,(H,30,34)(H,31,35). The maximum Gasteiger partial charge on any atom is 0.261 e. The minimum Gasteiger partial charge on any atom is -0.493 e. The number of carbonyl (C=O) groups is 3. The van der Waals surface area contributed by atoms with E-state index in [1.807, 2.05) is 27.7 Å². The highest BCUT2D eigenvalue weighted by molar-refractivity contribution is 7.12. The van der Waals surface area contributed by atoms with Crippen LogP contribution < -0.4 is 29.7 Å². The molecule has 0 aliphatic heterocycles. The van der Waals surface area contributed by atoms with E-state index in [2.05, 4.69) is 10.6 Å². The van der Waals surface area contributed by atoms with Crippen LogP contribution in [0.25, 0.3) is 0 Å². The molecule has 0 fully saturated rings. The van der Waals surface area contributed by atoms with Gasteiger partial charge in [-0.15, -0.1) is 11.3 Å². The van der Waals surface area contributed by atoms with Crippen molar-refractivity contribution < 1.29 is 28.6 Å². The van der Waals surface area contributed by atoms with Crippen molar-refractivity contribution in [3.8, 4) is 17.2 Å². The van der Waals surface area contributed by atoms with Crippen LogP contribution in [0.4, 0.5) is 5.69 Å². The number of methoxy groups -OCH3 is 2. The van der Waals surface area contributed by atoms with Gasteiger partial charge in [0.1, 0.15) is 11.8 Å². The van der Waals surface area contributed by atoms with Crippen LogP contribution in [-0.4, -0.2) is 50.6 Å². The van der Waals surface area contributed by atoms with Crippen molar-refractivity contribution in [2.45, 2.75) is 39.3 Å². The Labute approximate surface area is 233 Å². The zero-order chi connectivity index (χ0) is 28.6. The molecule has 39 heavy (non-hydrogen) atoms. The summed E-state index contributed by atoms with van der Waals surface area (Å²) < 4.78 is 16.7. The molecule has 1 aromatic heterocycles. The van der Waals surface area contributed by atoms with E-state index in [4.69, 9.17) is 14.2 Å². The number of nitrogens with zero attached hydrogens (tertiary/aromatic N) is 1. The Morgan fingerprint density at radius 3 is 2.28 bits per heavy atom. The monoisotopic (exact) mass is 553 g/mol. The Kier molecular flexibility index (Phi) is 9.95. The summed E-state index contributed by atoms with van der Waals surface area (Å²) in [4.78, 5) is 42.4. The fraction of sp³-hybridized carbons (Fsp3) is 0.345. The summed E-state index contributed by atoms with van der Waals surface area (Å²) in [6.07, 6.45) is 0. The van der Waals surface area contributed by atoms with Crippen LogP contribution in [0.2, 0.25) is 0 Å². The van der Waals surface area contributed by atoms with E-state index in [0.29, 0.717) is 40.0 Å². The molecule has 0 saturated carbocycles. The third-order valence-corrected chi connectivity index (χ3v) is 6.44. The van der Waals surface area contributed by atoms with Gasteiger partial charge in [-0.25, -0.2) is 0 Å². The highest BCUT2D eigenvalue weighted by Crippen LogP contribution is 2.38. The second-order valence-corrected chi connectivity index (χ2v) is 10.5. The molecular formula is C29H35N3O6S. The van der Waals surface area contributed by atoms with Gasteiger partial charge < -0.3 is 24.8 Å². The fourth-order valence-electron chi connectivity index (χ4n) is 3.97. The van der Waals surface area contributed by atoms with Crippen LogP contribution >= 0.6 is 11.3 Å². The molecule has 2 N–H and O–H groups in total. The number of anilines is 1. The van der Waals surface area contributed by atoms with Crippen molar-refractivity contribution in [3.05, 3.63) is 70.4 Å². The number of amides is 3. The quantitative estimate of drug-likeness (QED) is 0.360. The van der Waals surface area contributed by atoms with Gasteiger partial charge in [0.25, 0.3) is 5.91 Å². The summed E-state index contributed by atoms with van der Waals surface area (Å²) in [5.74, 6) is 0.00659. The van der Waals surface area contributed by atoms with E-state index >= 15 is 0 Å². The van der Waals surface area contributed by atoms with Gasteiger partial charge in [0.05, 0.1) is 37.9 Å². The molecule has 0 aliphatic carbocycles. The van der Waals surface area contributed by atoms with Gasteiger partial charge >= 0.3 is 0 Å². The molecule has 0 aliphatic rings. The highest BCUT2D eigenvalue weighted by Gasteiger charge is 2.36. The zero-order valence-corrected chi connectivity index (χ0v) is 23.9. The summed E-state index contributed by atoms with van der Waals surface area (Å²) in [7, 11) is 3.02. The number of hydrogen-bond acceptors (Lipinski definition) is 7. The van der Waals surface area contributed by atoms with Crippen molar-refractivity contribution in [3.63, 3.8) is 0 Å². The van der Waals surface area contributed by atoms with Gasteiger partial charge in [0.2, 0.25) is 11.8 Å². The maximum atomic E-state index is 14.0. The van der Waals surface area contributed by atoms with E-state index in [0.717, 1.165) is 0 Å². The van der Waals surface area contributed by atoms with Gasteiger partial charge in [-0.1, -0.05) is 24.3 Å². The second kappa shape index (κ2) is 13.1. The summed E-state index contributed by atoms with van der Waals surface area (Å²) in [6, 6.07) is 14.4. The third-order valence-electron chi connectivity index (χ3n) is 5.57. The Morgan fingerprint density at radius 1 is 0.949 bits per heavy atom. The molecule has 0 spiro atoms. The predicted molar refractivity (Wildman–Crippen MR) is 152 cm³/mol. The van der Waals surface area contributed by atoms with Crippen LogP contribution in [0.3, 0.4) is 0 Å². The lowest BCUT2D eigenvalue weighted by atomic mass is 10.00. The molecule has 1 heterocycles. The largest absolute Gasteiger partial charge is 0.493 e. The normalized spacial score (nSPS) is 11.7. The highest BCUT2D eigenvalue weighted by atomic mass is 32.1. The van der Waals surface area contributed by atoms with Crippen molar-refractivity contribution in [2.24, 2.45) is 0 Å². The van der Waals surface area contributed by atoms with E-state index in [1.165, 1.54) is 30.5 Å². The molecule has 208 valence electrons. The lowest BCUT2D eigenvalue weighted by Crippen LogP contribution is -2.51. The number of thiophene rings is 1. The van der Waals surface area contributed by atoms with Crippen LogP contribution in [0.1, 0.15) is 49.0 Å². The average Bonchev–Trinajstić information content (AvgIpc) is 3.45. The molecule has 0 radical (unpaired) electrons. The molecule has 1 atom stereocenters. The molecule has 3 amide bonds. The Hall–Kier alpha value is -4.05. The Morgan fingerprint density at radius 2 is 1.67 bits per heavy atom. The first-order valence-electron chi connectivity index (χ1n) is 12.5. The molecule has 3 rings (SSSR count). The van der Waals surface area contributed by atoms with Gasteiger partial charge in [-0.05, 0) is 69.0 Å². The SMILES string of the molecule is CCOc1ccccc1N(C(=O)CNC(=O)c1cccs1)C(C(=O)NC(C)(C)C)c1ccc(OC)c(OC)c1. The molecule has 2 aromatic carbocycles. The van der Waals surface area contributed by atoms with Gasteiger partial charge in [0, 0.05) is 5.54 Å². The lowest BCUT2D eigenvalue weighted by Gasteiger charge is -2.34. The van der Waals surface area contributed by atoms with Gasteiger partial charge in [-0.3, -0.25) is 19.3 Å². The first-order valence-corrected chi connectivity index (χ1v) is 13.4. The summed E-state index contributed by atoms with van der Waals surface area (Å²) >= 11 is 1.27. The molecule has 3 aromatic rings.